The van der Waals surface area contributed by atoms with Crippen LogP contribution in [-0.2, 0) is 19.1 Å². The molecule has 0 aliphatic heterocycles. The van der Waals surface area contributed by atoms with Crippen LogP contribution in [0, 0.1) is 0 Å². The van der Waals surface area contributed by atoms with E-state index in [4.69, 9.17) is 4.74 Å². The van der Waals surface area contributed by atoms with E-state index in [1.54, 1.807) is 19.9 Å². The highest BCUT2D eigenvalue weighted by molar-refractivity contribution is 5.80. The zero-order chi connectivity index (χ0) is 10.3. The van der Waals surface area contributed by atoms with Crippen LogP contribution in [0.1, 0.15) is 20.3 Å². The summed E-state index contributed by atoms with van der Waals surface area (Å²) in [5, 5.41) is 0. The third-order valence-corrected chi connectivity index (χ3v) is 1.35. The van der Waals surface area contributed by atoms with Gasteiger partial charge in [0.05, 0.1) is 7.11 Å². The maximum absolute atomic E-state index is 11.0. The van der Waals surface area contributed by atoms with Gasteiger partial charge in [0.1, 0.15) is 0 Å². The average molecular weight is 186 g/mol. The number of esters is 2. The topological polar surface area (TPSA) is 52.6 Å². The van der Waals surface area contributed by atoms with Gasteiger partial charge in [-0.1, -0.05) is 13.0 Å². The van der Waals surface area contributed by atoms with Crippen LogP contribution in [0.25, 0.3) is 0 Å². The Morgan fingerprint density at radius 2 is 2.08 bits per heavy atom. The van der Waals surface area contributed by atoms with Gasteiger partial charge in [-0.3, -0.25) is 4.79 Å². The van der Waals surface area contributed by atoms with Gasteiger partial charge in [-0.2, -0.15) is 0 Å². The fourth-order valence-electron chi connectivity index (χ4n) is 0.682. The van der Waals surface area contributed by atoms with E-state index in [0.717, 1.165) is 0 Å². The van der Waals surface area contributed by atoms with Crippen LogP contribution in [0.5, 0.6) is 0 Å². The Bertz CT molecular complexity index is 208. The van der Waals surface area contributed by atoms with Crippen molar-refractivity contribution >= 4 is 11.9 Å². The van der Waals surface area contributed by atoms with E-state index in [9.17, 15) is 9.59 Å². The summed E-state index contributed by atoms with van der Waals surface area (Å²) in [7, 11) is 1.25. The number of carbonyl (C=O) groups is 2. The maximum atomic E-state index is 11.0. The molecule has 0 aliphatic rings. The van der Waals surface area contributed by atoms with Crippen molar-refractivity contribution in [2.75, 3.05) is 7.11 Å². The van der Waals surface area contributed by atoms with Crippen molar-refractivity contribution in [3.63, 3.8) is 0 Å². The first-order valence-corrected chi connectivity index (χ1v) is 4.05. The number of carbonyl (C=O) groups excluding carboxylic acids is 2. The van der Waals surface area contributed by atoms with Crippen molar-refractivity contribution in [3.8, 4) is 0 Å². The van der Waals surface area contributed by atoms with E-state index in [-0.39, 0.29) is 6.42 Å². The Morgan fingerprint density at radius 1 is 1.46 bits per heavy atom. The van der Waals surface area contributed by atoms with E-state index in [1.165, 1.54) is 13.2 Å². The number of methoxy groups -OCH3 is 1. The minimum Gasteiger partial charge on any atom is -0.466 e. The van der Waals surface area contributed by atoms with Crippen LogP contribution in [0.15, 0.2) is 12.2 Å². The molecular formula is C9H14O4. The third-order valence-electron chi connectivity index (χ3n) is 1.35. The van der Waals surface area contributed by atoms with Crippen molar-refractivity contribution in [1.29, 1.82) is 0 Å². The fourth-order valence-corrected chi connectivity index (χ4v) is 0.682. The quantitative estimate of drug-likeness (QED) is 0.486. The van der Waals surface area contributed by atoms with Gasteiger partial charge in [0.25, 0.3) is 0 Å². The molecule has 0 saturated carbocycles. The van der Waals surface area contributed by atoms with E-state index >= 15 is 0 Å². The van der Waals surface area contributed by atoms with Crippen LogP contribution in [0.2, 0.25) is 0 Å². The molecule has 0 aromatic heterocycles. The van der Waals surface area contributed by atoms with E-state index in [1.807, 2.05) is 0 Å². The van der Waals surface area contributed by atoms with Crippen molar-refractivity contribution in [2.45, 2.75) is 26.4 Å². The highest BCUT2D eigenvalue weighted by atomic mass is 16.6. The Kier molecular flexibility index (Phi) is 5.59. The lowest BCUT2D eigenvalue weighted by Crippen LogP contribution is -2.26. The third kappa shape index (κ3) is 4.30. The van der Waals surface area contributed by atoms with E-state index in [2.05, 4.69) is 4.74 Å². The van der Waals surface area contributed by atoms with Crippen molar-refractivity contribution < 1.29 is 19.1 Å². The number of hydrogen-bond donors (Lipinski definition) is 0. The largest absolute Gasteiger partial charge is 0.466 e. The maximum Gasteiger partial charge on any atom is 0.351 e. The first kappa shape index (κ1) is 11.7. The number of rotatable bonds is 4. The molecule has 0 amide bonds. The molecule has 74 valence electrons. The van der Waals surface area contributed by atoms with Gasteiger partial charge in [-0.05, 0) is 13.0 Å². The molecule has 0 bridgehead atoms. The van der Waals surface area contributed by atoms with Gasteiger partial charge in [0.2, 0.25) is 6.10 Å². The molecular weight excluding hydrogens is 172 g/mol. The molecule has 0 aromatic rings. The Balaban J connectivity index is 4.25. The average Bonchev–Trinajstić information content (AvgIpc) is 2.15. The molecule has 0 heterocycles. The number of allylic oxidation sites excluding steroid dienone is 1. The normalized spacial score (nSPS) is 12.5. The van der Waals surface area contributed by atoms with Crippen molar-refractivity contribution in [2.24, 2.45) is 0 Å². The lowest BCUT2D eigenvalue weighted by atomic mass is 10.3. The summed E-state index contributed by atoms with van der Waals surface area (Å²) >= 11 is 0. The molecule has 0 saturated heterocycles. The summed E-state index contributed by atoms with van der Waals surface area (Å²) < 4.78 is 9.24. The van der Waals surface area contributed by atoms with Gasteiger partial charge in [-0.15, -0.1) is 0 Å². The second-order valence-electron chi connectivity index (χ2n) is 2.31. The number of ether oxygens (including phenoxy) is 2. The summed E-state index contributed by atoms with van der Waals surface area (Å²) in [5.74, 6) is -0.992. The van der Waals surface area contributed by atoms with Crippen LogP contribution in [0.4, 0.5) is 0 Å². The van der Waals surface area contributed by atoms with Crippen molar-refractivity contribution in [3.05, 3.63) is 12.2 Å². The highest BCUT2D eigenvalue weighted by Gasteiger charge is 2.19. The Hall–Kier alpha value is -1.32. The molecule has 0 radical (unpaired) electrons. The van der Waals surface area contributed by atoms with Gasteiger partial charge < -0.3 is 9.47 Å². The van der Waals surface area contributed by atoms with Crippen molar-refractivity contribution in [1.82, 2.24) is 0 Å². The summed E-state index contributed by atoms with van der Waals surface area (Å²) in [5.41, 5.74) is 0. The minimum absolute atomic E-state index is 0.241. The Labute approximate surface area is 77.5 Å². The SMILES string of the molecule is CC=CC(OC(=O)CC)C(=O)OC. The minimum atomic E-state index is -0.914. The summed E-state index contributed by atoms with van der Waals surface area (Å²) in [6.45, 7) is 3.39. The molecule has 0 aromatic carbocycles. The highest BCUT2D eigenvalue weighted by Crippen LogP contribution is 1.99. The van der Waals surface area contributed by atoms with Crippen LogP contribution in [0.3, 0.4) is 0 Å². The van der Waals surface area contributed by atoms with Crippen LogP contribution in [-0.4, -0.2) is 25.2 Å². The van der Waals surface area contributed by atoms with Gasteiger partial charge in [0.15, 0.2) is 0 Å². The lowest BCUT2D eigenvalue weighted by Gasteiger charge is -2.10. The first-order chi connectivity index (χ1) is 6.15. The first-order valence-electron chi connectivity index (χ1n) is 4.05. The molecule has 1 unspecified atom stereocenters. The fraction of sp³-hybridized carbons (Fsp3) is 0.556. The smallest absolute Gasteiger partial charge is 0.351 e. The van der Waals surface area contributed by atoms with E-state index in [0.29, 0.717) is 0 Å². The molecule has 0 fully saturated rings. The second-order valence-corrected chi connectivity index (χ2v) is 2.31. The predicted molar refractivity (Wildman–Crippen MR) is 47.0 cm³/mol. The van der Waals surface area contributed by atoms with Gasteiger partial charge >= 0.3 is 11.9 Å². The van der Waals surface area contributed by atoms with Gasteiger partial charge in [0, 0.05) is 6.42 Å². The lowest BCUT2D eigenvalue weighted by molar-refractivity contribution is -0.162. The molecule has 4 heteroatoms. The standard InChI is InChI=1S/C9H14O4/c1-4-6-7(9(11)12-3)13-8(10)5-2/h4,6-7H,5H2,1-3H3. The van der Waals surface area contributed by atoms with Crippen LogP contribution < -0.4 is 0 Å². The monoisotopic (exact) mass is 186 g/mol. The molecule has 0 rings (SSSR count). The molecule has 4 nitrogen and oxygen atoms in total. The molecule has 0 aliphatic carbocycles. The van der Waals surface area contributed by atoms with Crippen LogP contribution >= 0.6 is 0 Å². The van der Waals surface area contributed by atoms with E-state index < -0.39 is 18.0 Å². The Morgan fingerprint density at radius 3 is 2.46 bits per heavy atom. The predicted octanol–water partition coefficient (Wildman–Crippen LogP) is 1.06. The summed E-state index contributed by atoms with van der Waals surface area (Å²) in [6.07, 6.45) is 2.43. The summed E-state index contributed by atoms with van der Waals surface area (Å²) in [4.78, 5) is 21.9. The zero-order valence-electron chi connectivity index (χ0n) is 8.07. The molecule has 1 atom stereocenters. The summed E-state index contributed by atoms with van der Waals surface area (Å²) in [6, 6.07) is 0. The zero-order valence-corrected chi connectivity index (χ0v) is 8.07. The van der Waals surface area contributed by atoms with Gasteiger partial charge in [-0.25, -0.2) is 4.79 Å². The number of hydrogen-bond acceptors (Lipinski definition) is 4. The molecule has 0 N–H and O–H groups in total. The molecule has 13 heavy (non-hydrogen) atoms. The molecule has 0 spiro atoms. The second kappa shape index (κ2) is 6.22.